The van der Waals surface area contributed by atoms with Crippen molar-refractivity contribution in [2.24, 2.45) is 0 Å². The average Bonchev–Trinajstić information content (AvgIpc) is 2.88. The minimum Gasteiger partial charge on any atom is -0.496 e. The number of ether oxygens (including phenoxy) is 1. The summed E-state index contributed by atoms with van der Waals surface area (Å²) in [6.45, 7) is 1.52. The van der Waals surface area contributed by atoms with Gasteiger partial charge in [0.25, 0.3) is 0 Å². The second-order valence-electron chi connectivity index (χ2n) is 3.73. The molecular formula is C12H14BrN3O2. The molecule has 0 saturated heterocycles. The number of hydrogen-bond donors (Lipinski definition) is 1. The molecular weight excluding hydrogens is 298 g/mol. The summed E-state index contributed by atoms with van der Waals surface area (Å²) in [5.41, 5.74) is 1.11. The van der Waals surface area contributed by atoms with Crippen LogP contribution >= 0.6 is 15.9 Å². The molecule has 96 valence electrons. The first-order valence-corrected chi connectivity index (χ1v) is 6.37. The van der Waals surface area contributed by atoms with Crippen LogP contribution in [0.2, 0.25) is 0 Å². The molecule has 2 aromatic rings. The molecule has 0 spiro atoms. The van der Waals surface area contributed by atoms with Crippen LogP contribution in [0.3, 0.4) is 0 Å². The third kappa shape index (κ3) is 3.54. The van der Waals surface area contributed by atoms with Gasteiger partial charge in [0.05, 0.1) is 7.11 Å². The monoisotopic (exact) mass is 311 g/mol. The lowest BCUT2D eigenvalue weighted by Crippen LogP contribution is -2.17. The molecule has 0 aliphatic rings. The summed E-state index contributed by atoms with van der Waals surface area (Å²) < 4.78 is 11.0. The van der Waals surface area contributed by atoms with Crippen LogP contribution in [0.25, 0.3) is 0 Å². The Bertz CT molecular complexity index is 488. The number of aromatic nitrogens is 2. The zero-order chi connectivity index (χ0) is 12.8. The molecule has 2 rings (SSSR count). The first-order chi connectivity index (χ1) is 8.79. The predicted molar refractivity (Wildman–Crippen MR) is 70.4 cm³/mol. The summed E-state index contributed by atoms with van der Waals surface area (Å²) in [7, 11) is 1.67. The number of benzene rings is 1. The van der Waals surface area contributed by atoms with Crippen molar-refractivity contribution >= 4 is 15.9 Å². The minimum absolute atomic E-state index is 0.712. The standard InChI is InChI=1S/C12H14BrN3O2/c1-17-11-3-2-10(13)6-9(11)7-14-5-4-12-15-8-18-16-12/h2-3,6,8,14H,4-5,7H2,1H3. The molecule has 0 radical (unpaired) electrons. The maximum absolute atomic E-state index is 5.30. The van der Waals surface area contributed by atoms with E-state index < -0.39 is 0 Å². The summed E-state index contributed by atoms with van der Waals surface area (Å²) in [4.78, 5) is 3.96. The van der Waals surface area contributed by atoms with Crippen molar-refractivity contribution in [1.29, 1.82) is 0 Å². The van der Waals surface area contributed by atoms with Crippen molar-refractivity contribution in [3.63, 3.8) is 0 Å². The van der Waals surface area contributed by atoms with E-state index in [2.05, 4.69) is 35.9 Å². The Morgan fingerprint density at radius 2 is 2.33 bits per heavy atom. The Hall–Kier alpha value is -1.40. The van der Waals surface area contributed by atoms with Gasteiger partial charge in [0.15, 0.2) is 5.82 Å². The van der Waals surface area contributed by atoms with Crippen LogP contribution in [0.5, 0.6) is 5.75 Å². The third-order valence-corrected chi connectivity index (χ3v) is 2.98. The smallest absolute Gasteiger partial charge is 0.213 e. The van der Waals surface area contributed by atoms with Gasteiger partial charge in [-0.3, -0.25) is 0 Å². The second kappa shape index (κ2) is 6.51. The van der Waals surface area contributed by atoms with Crippen LogP contribution in [0.4, 0.5) is 0 Å². The van der Waals surface area contributed by atoms with E-state index in [0.29, 0.717) is 5.82 Å². The van der Waals surface area contributed by atoms with Gasteiger partial charge in [-0.2, -0.15) is 4.98 Å². The molecule has 1 N–H and O–H groups in total. The van der Waals surface area contributed by atoms with E-state index in [1.165, 1.54) is 6.39 Å². The number of nitrogens with zero attached hydrogens (tertiary/aromatic N) is 2. The van der Waals surface area contributed by atoms with E-state index in [1.807, 2.05) is 18.2 Å². The van der Waals surface area contributed by atoms with E-state index in [-0.39, 0.29) is 0 Å². The number of nitrogens with one attached hydrogen (secondary N) is 1. The molecule has 5 nitrogen and oxygen atoms in total. The topological polar surface area (TPSA) is 60.2 Å². The Balaban J connectivity index is 1.84. The van der Waals surface area contributed by atoms with Crippen LogP contribution < -0.4 is 10.1 Å². The van der Waals surface area contributed by atoms with Gasteiger partial charge in [0.1, 0.15) is 5.75 Å². The van der Waals surface area contributed by atoms with E-state index in [0.717, 1.165) is 35.3 Å². The lowest BCUT2D eigenvalue weighted by Gasteiger charge is -2.09. The van der Waals surface area contributed by atoms with Crippen molar-refractivity contribution in [2.75, 3.05) is 13.7 Å². The number of hydrogen-bond acceptors (Lipinski definition) is 5. The molecule has 0 fully saturated rings. The van der Waals surface area contributed by atoms with E-state index >= 15 is 0 Å². The first-order valence-electron chi connectivity index (χ1n) is 5.58. The van der Waals surface area contributed by atoms with Gasteiger partial charge in [-0.15, -0.1) is 0 Å². The maximum Gasteiger partial charge on any atom is 0.213 e. The fourth-order valence-electron chi connectivity index (χ4n) is 1.61. The Morgan fingerprint density at radius 3 is 3.06 bits per heavy atom. The van der Waals surface area contributed by atoms with Gasteiger partial charge in [-0.05, 0) is 18.2 Å². The van der Waals surface area contributed by atoms with Crippen molar-refractivity contribution in [2.45, 2.75) is 13.0 Å². The normalized spacial score (nSPS) is 10.6. The summed E-state index contributed by atoms with van der Waals surface area (Å²) in [5.74, 6) is 1.59. The van der Waals surface area contributed by atoms with Gasteiger partial charge >= 0.3 is 0 Å². The number of halogens is 1. The van der Waals surface area contributed by atoms with E-state index in [9.17, 15) is 0 Å². The predicted octanol–water partition coefficient (Wildman–Crippen LogP) is 2.17. The third-order valence-electron chi connectivity index (χ3n) is 2.49. The molecule has 18 heavy (non-hydrogen) atoms. The van der Waals surface area contributed by atoms with E-state index in [4.69, 9.17) is 4.74 Å². The number of methoxy groups -OCH3 is 1. The summed E-state index contributed by atoms with van der Waals surface area (Å²) >= 11 is 3.45. The SMILES string of the molecule is COc1ccc(Br)cc1CNCCc1ncon1. The van der Waals surface area contributed by atoms with Crippen LogP contribution in [-0.4, -0.2) is 23.8 Å². The Labute approximate surface area is 114 Å². The second-order valence-corrected chi connectivity index (χ2v) is 4.65. The summed E-state index contributed by atoms with van der Waals surface area (Å²) in [6, 6.07) is 5.95. The molecule has 1 aromatic heterocycles. The highest BCUT2D eigenvalue weighted by atomic mass is 79.9. The fraction of sp³-hybridized carbons (Fsp3) is 0.333. The maximum atomic E-state index is 5.30. The van der Waals surface area contributed by atoms with Gasteiger partial charge < -0.3 is 14.6 Å². The molecule has 0 bridgehead atoms. The van der Waals surface area contributed by atoms with Crippen LogP contribution in [-0.2, 0) is 13.0 Å². The number of rotatable bonds is 6. The van der Waals surface area contributed by atoms with Gasteiger partial charge in [-0.25, -0.2) is 0 Å². The highest BCUT2D eigenvalue weighted by Gasteiger charge is 2.04. The Morgan fingerprint density at radius 1 is 1.44 bits per heavy atom. The highest BCUT2D eigenvalue weighted by Crippen LogP contribution is 2.22. The molecule has 1 heterocycles. The lowest BCUT2D eigenvalue weighted by atomic mass is 10.2. The Kier molecular flexibility index (Phi) is 4.72. The minimum atomic E-state index is 0.712. The first kappa shape index (κ1) is 13.0. The van der Waals surface area contributed by atoms with Crippen LogP contribution in [0.15, 0.2) is 33.6 Å². The summed E-state index contributed by atoms with van der Waals surface area (Å²) in [6.07, 6.45) is 2.08. The molecule has 0 atom stereocenters. The molecule has 6 heteroatoms. The van der Waals surface area contributed by atoms with Crippen molar-refractivity contribution in [3.8, 4) is 5.75 Å². The zero-order valence-electron chi connectivity index (χ0n) is 10.0. The fourth-order valence-corrected chi connectivity index (χ4v) is 2.02. The van der Waals surface area contributed by atoms with Gasteiger partial charge in [0.2, 0.25) is 6.39 Å². The van der Waals surface area contributed by atoms with Crippen molar-refractivity contribution in [3.05, 3.63) is 40.5 Å². The average molecular weight is 312 g/mol. The van der Waals surface area contributed by atoms with Gasteiger partial charge in [-0.1, -0.05) is 21.1 Å². The highest BCUT2D eigenvalue weighted by molar-refractivity contribution is 9.10. The molecule has 0 amide bonds. The van der Waals surface area contributed by atoms with Crippen molar-refractivity contribution < 1.29 is 9.26 Å². The molecule has 0 saturated carbocycles. The van der Waals surface area contributed by atoms with Crippen LogP contribution in [0.1, 0.15) is 11.4 Å². The molecule has 0 aliphatic heterocycles. The molecule has 0 aliphatic carbocycles. The largest absolute Gasteiger partial charge is 0.496 e. The lowest BCUT2D eigenvalue weighted by molar-refractivity contribution is 0.405. The zero-order valence-corrected chi connectivity index (χ0v) is 11.6. The van der Waals surface area contributed by atoms with Crippen molar-refractivity contribution in [1.82, 2.24) is 15.5 Å². The van der Waals surface area contributed by atoms with Crippen LogP contribution in [0, 0.1) is 0 Å². The van der Waals surface area contributed by atoms with Gasteiger partial charge in [0, 0.05) is 29.5 Å². The molecule has 0 unspecified atom stereocenters. The quantitative estimate of drug-likeness (QED) is 0.829. The van der Waals surface area contributed by atoms with E-state index in [1.54, 1.807) is 7.11 Å². The summed E-state index contributed by atoms with van der Waals surface area (Å²) in [5, 5.41) is 7.07. The molecule has 1 aromatic carbocycles.